The van der Waals surface area contributed by atoms with Crippen LogP contribution in [0.25, 0.3) is 0 Å². The maximum Gasteiger partial charge on any atom is 0.338 e. The predicted molar refractivity (Wildman–Crippen MR) is 59.7 cm³/mol. The number of carbonyl (C=O) groups is 1. The molecule has 1 rings (SSSR count). The van der Waals surface area contributed by atoms with Gasteiger partial charge in [0.2, 0.25) is 0 Å². The lowest BCUT2D eigenvalue weighted by atomic mass is 10.1. The molecule has 0 aliphatic heterocycles. The number of hydrogen-bond donors (Lipinski definition) is 3. The van der Waals surface area contributed by atoms with Crippen molar-refractivity contribution in [3.8, 4) is 0 Å². The van der Waals surface area contributed by atoms with Gasteiger partial charge >= 0.3 is 5.97 Å². The number of nitrogens with one attached hydrogen (secondary N) is 1. The third kappa shape index (κ3) is 3.29. The van der Waals surface area contributed by atoms with E-state index in [1.807, 2.05) is 0 Å². The quantitative estimate of drug-likeness (QED) is 0.662. The Balaban J connectivity index is 2.88. The summed E-state index contributed by atoms with van der Waals surface area (Å²) in [6.07, 6.45) is -2.07. The van der Waals surface area contributed by atoms with Gasteiger partial charge in [0.1, 0.15) is 11.1 Å². The van der Waals surface area contributed by atoms with E-state index < -0.39 is 23.7 Å². The molecule has 0 saturated carbocycles. The van der Waals surface area contributed by atoms with Crippen LogP contribution in [0.15, 0.2) is 17.1 Å². The van der Waals surface area contributed by atoms with E-state index in [0.29, 0.717) is 0 Å². The van der Waals surface area contributed by atoms with E-state index in [1.54, 1.807) is 6.92 Å². The van der Waals surface area contributed by atoms with Crippen LogP contribution in [0, 0.1) is 0 Å². The molecular formula is C10H12ClNO5. The zero-order valence-corrected chi connectivity index (χ0v) is 9.77. The minimum Gasteiger partial charge on any atom is -0.464 e. The Morgan fingerprint density at radius 1 is 1.59 bits per heavy atom. The van der Waals surface area contributed by atoms with E-state index in [2.05, 4.69) is 9.72 Å². The number of rotatable bonds is 4. The summed E-state index contributed by atoms with van der Waals surface area (Å²) < 4.78 is 4.55. The molecule has 0 aliphatic carbocycles. The summed E-state index contributed by atoms with van der Waals surface area (Å²) in [6.45, 7) is 1.67. The summed E-state index contributed by atoms with van der Waals surface area (Å²) in [5.41, 5.74) is -0.400. The maximum absolute atomic E-state index is 11.2. The van der Waals surface area contributed by atoms with E-state index in [4.69, 9.17) is 11.6 Å². The molecule has 0 bridgehead atoms. The van der Waals surface area contributed by atoms with E-state index in [1.165, 1.54) is 12.3 Å². The normalized spacial score (nSPS) is 14.1. The highest BCUT2D eigenvalue weighted by molar-refractivity contribution is 6.30. The summed E-state index contributed by atoms with van der Waals surface area (Å²) in [4.78, 5) is 24.4. The Labute approximate surface area is 102 Å². The molecule has 0 amide bonds. The number of ether oxygens (including phenoxy) is 1. The van der Waals surface area contributed by atoms with Gasteiger partial charge < -0.3 is 19.9 Å². The standard InChI is InChI=1S/C10H12ClNO5/c1-2-17-10(16)8(14)7(13)5-3-6(11)9(15)12-4-5/h3-4,7-8,13-14H,2H2,1H3,(H,12,15). The zero-order valence-electron chi connectivity index (χ0n) is 9.01. The van der Waals surface area contributed by atoms with Gasteiger partial charge in [-0.25, -0.2) is 4.79 Å². The third-order valence-electron chi connectivity index (χ3n) is 2.05. The number of aromatic amines is 1. The van der Waals surface area contributed by atoms with Crippen LogP contribution in [-0.2, 0) is 9.53 Å². The molecule has 0 radical (unpaired) electrons. The molecular weight excluding hydrogens is 250 g/mol. The summed E-state index contributed by atoms with van der Waals surface area (Å²) in [5, 5.41) is 19.0. The summed E-state index contributed by atoms with van der Waals surface area (Å²) in [7, 11) is 0. The third-order valence-corrected chi connectivity index (χ3v) is 2.33. The first kappa shape index (κ1) is 13.7. The second-order valence-corrected chi connectivity index (χ2v) is 3.66. The largest absolute Gasteiger partial charge is 0.464 e. The van der Waals surface area contributed by atoms with Crippen molar-refractivity contribution < 1.29 is 19.7 Å². The van der Waals surface area contributed by atoms with Crippen molar-refractivity contribution in [3.05, 3.63) is 33.2 Å². The second-order valence-electron chi connectivity index (χ2n) is 3.25. The number of aromatic nitrogens is 1. The van der Waals surface area contributed by atoms with Crippen LogP contribution in [0.2, 0.25) is 5.02 Å². The Morgan fingerprint density at radius 3 is 2.76 bits per heavy atom. The van der Waals surface area contributed by atoms with Gasteiger partial charge in [0.05, 0.1) is 6.61 Å². The molecule has 7 heteroatoms. The minimum absolute atomic E-state index is 0.0923. The van der Waals surface area contributed by atoms with Crippen molar-refractivity contribution in [2.75, 3.05) is 6.61 Å². The highest BCUT2D eigenvalue weighted by Gasteiger charge is 2.27. The number of hydrogen-bond acceptors (Lipinski definition) is 5. The number of H-pyrrole nitrogens is 1. The molecule has 0 fully saturated rings. The molecule has 6 nitrogen and oxygen atoms in total. The van der Waals surface area contributed by atoms with Crippen LogP contribution in [0.3, 0.4) is 0 Å². The van der Waals surface area contributed by atoms with Crippen molar-refractivity contribution >= 4 is 17.6 Å². The fourth-order valence-electron chi connectivity index (χ4n) is 1.18. The van der Waals surface area contributed by atoms with Gasteiger partial charge in [-0.2, -0.15) is 0 Å². The first-order valence-electron chi connectivity index (χ1n) is 4.88. The zero-order chi connectivity index (χ0) is 13.0. The summed E-state index contributed by atoms with van der Waals surface area (Å²) >= 11 is 5.55. The van der Waals surface area contributed by atoms with Crippen LogP contribution >= 0.6 is 11.6 Å². The fourth-order valence-corrected chi connectivity index (χ4v) is 1.36. The Morgan fingerprint density at radius 2 is 2.24 bits per heavy atom. The highest BCUT2D eigenvalue weighted by Crippen LogP contribution is 2.18. The minimum atomic E-state index is -1.73. The molecule has 1 heterocycles. The van der Waals surface area contributed by atoms with Crippen molar-refractivity contribution in [2.24, 2.45) is 0 Å². The van der Waals surface area contributed by atoms with E-state index in [0.717, 1.165) is 0 Å². The monoisotopic (exact) mass is 261 g/mol. The average molecular weight is 262 g/mol. The average Bonchev–Trinajstić information content (AvgIpc) is 2.31. The Kier molecular flexibility index (Phi) is 4.68. The van der Waals surface area contributed by atoms with E-state index in [9.17, 15) is 19.8 Å². The molecule has 0 saturated heterocycles. The molecule has 0 aliphatic rings. The number of esters is 1. The number of aliphatic hydroxyl groups is 2. The van der Waals surface area contributed by atoms with Gasteiger partial charge in [0, 0.05) is 11.8 Å². The number of aliphatic hydroxyl groups excluding tert-OH is 2. The molecule has 0 spiro atoms. The van der Waals surface area contributed by atoms with Crippen molar-refractivity contribution in [2.45, 2.75) is 19.1 Å². The first-order valence-corrected chi connectivity index (χ1v) is 5.26. The predicted octanol–water partition coefficient (Wildman–Crippen LogP) is -0.0143. The molecule has 1 aromatic heterocycles. The molecule has 0 aromatic carbocycles. The second kappa shape index (κ2) is 5.81. The highest BCUT2D eigenvalue weighted by atomic mass is 35.5. The fraction of sp³-hybridized carbons (Fsp3) is 0.400. The van der Waals surface area contributed by atoms with Crippen molar-refractivity contribution in [1.29, 1.82) is 0 Å². The summed E-state index contributed by atoms with van der Waals surface area (Å²) in [6, 6.07) is 1.17. The Bertz CT molecular complexity index is 458. The van der Waals surface area contributed by atoms with E-state index in [-0.39, 0.29) is 17.2 Å². The van der Waals surface area contributed by atoms with Crippen LogP contribution < -0.4 is 5.56 Å². The van der Waals surface area contributed by atoms with Gasteiger partial charge in [0.25, 0.3) is 5.56 Å². The molecule has 1 aromatic rings. The number of pyridine rings is 1. The lowest BCUT2D eigenvalue weighted by Crippen LogP contribution is -2.30. The van der Waals surface area contributed by atoms with Gasteiger partial charge in [-0.3, -0.25) is 4.79 Å². The van der Waals surface area contributed by atoms with Crippen molar-refractivity contribution in [1.82, 2.24) is 4.98 Å². The van der Waals surface area contributed by atoms with Gasteiger partial charge in [-0.05, 0) is 13.0 Å². The summed E-state index contributed by atoms with van der Waals surface area (Å²) in [5.74, 6) is -0.942. The van der Waals surface area contributed by atoms with E-state index >= 15 is 0 Å². The molecule has 2 unspecified atom stereocenters. The van der Waals surface area contributed by atoms with Gasteiger partial charge in [-0.1, -0.05) is 11.6 Å². The van der Waals surface area contributed by atoms with Crippen molar-refractivity contribution in [3.63, 3.8) is 0 Å². The maximum atomic E-state index is 11.2. The molecule has 17 heavy (non-hydrogen) atoms. The first-order chi connectivity index (χ1) is 7.97. The Hall–Kier alpha value is -1.37. The lowest BCUT2D eigenvalue weighted by Gasteiger charge is -2.16. The molecule has 94 valence electrons. The lowest BCUT2D eigenvalue weighted by molar-refractivity contribution is -0.159. The molecule has 2 atom stereocenters. The van der Waals surface area contributed by atoms with Crippen LogP contribution in [0.5, 0.6) is 0 Å². The number of halogens is 1. The smallest absolute Gasteiger partial charge is 0.338 e. The SMILES string of the molecule is CCOC(=O)C(O)C(O)c1c[nH]c(=O)c(Cl)c1. The van der Waals surface area contributed by atoms with Crippen LogP contribution in [-0.4, -0.2) is 33.9 Å². The topological polar surface area (TPSA) is 99.6 Å². The van der Waals surface area contributed by atoms with Crippen LogP contribution in [0.4, 0.5) is 0 Å². The number of carbonyl (C=O) groups excluding carboxylic acids is 1. The van der Waals surface area contributed by atoms with Gasteiger partial charge in [-0.15, -0.1) is 0 Å². The van der Waals surface area contributed by atoms with Gasteiger partial charge in [0.15, 0.2) is 6.10 Å². The van der Waals surface area contributed by atoms with Crippen LogP contribution in [0.1, 0.15) is 18.6 Å². The molecule has 3 N–H and O–H groups in total.